The van der Waals surface area contributed by atoms with Crippen LogP contribution >= 0.6 is 22.6 Å². The fourth-order valence-electron chi connectivity index (χ4n) is 3.39. The van der Waals surface area contributed by atoms with Crippen LogP contribution in [0.4, 0.5) is 0 Å². The van der Waals surface area contributed by atoms with Crippen LogP contribution in [0.1, 0.15) is 0 Å². The van der Waals surface area contributed by atoms with Crippen molar-refractivity contribution >= 4 is 65.9 Å². The van der Waals surface area contributed by atoms with E-state index >= 15 is 0 Å². The summed E-state index contributed by atoms with van der Waals surface area (Å²) in [4.78, 5) is 3.55. The first-order valence-corrected chi connectivity index (χ1v) is 8.40. The summed E-state index contributed by atoms with van der Waals surface area (Å²) in [6.07, 6.45) is 0. The minimum atomic E-state index is 1.21. The van der Waals surface area contributed by atoms with Crippen molar-refractivity contribution < 1.29 is 0 Å². The van der Waals surface area contributed by atoms with Crippen LogP contribution in [0.2, 0.25) is 0 Å². The first-order chi connectivity index (χ1) is 10.8. The van der Waals surface area contributed by atoms with E-state index in [9.17, 15) is 0 Å². The molecule has 2 heteroatoms. The molecule has 0 aliphatic rings. The fraction of sp³-hybridized carbons (Fsp3) is 0. The molecule has 0 fully saturated rings. The molecular weight excluding hydrogens is 381 g/mol. The van der Waals surface area contributed by atoms with Crippen LogP contribution in [0.3, 0.4) is 0 Å². The van der Waals surface area contributed by atoms with Crippen molar-refractivity contribution in [1.82, 2.24) is 4.98 Å². The minimum absolute atomic E-state index is 1.21. The summed E-state index contributed by atoms with van der Waals surface area (Å²) < 4.78 is 1.26. The number of rotatable bonds is 0. The van der Waals surface area contributed by atoms with Gasteiger partial charge in [-0.25, -0.2) is 0 Å². The Balaban J connectivity index is 2.05. The maximum atomic E-state index is 3.55. The zero-order valence-electron chi connectivity index (χ0n) is 11.7. The largest absolute Gasteiger partial charge is 0.354 e. The third-order valence-electron chi connectivity index (χ3n) is 4.41. The molecule has 0 saturated heterocycles. The molecule has 0 aliphatic heterocycles. The van der Waals surface area contributed by atoms with Gasteiger partial charge in [0.25, 0.3) is 0 Å². The van der Waals surface area contributed by atoms with Gasteiger partial charge in [0, 0.05) is 25.4 Å². The number of nitrogens with one attached hydrogen (secondary N) is 1. The summed E-state index contributed by atoms with van der Waals surface area (Å²) in [6.45, 7) is 0. The lowest BCUT2D eigenvalue weighted by Gasteiger charge is -2.04. The Morgan fingerprint density at radius 1 is 0.636 bits per heavy atom. The quantitative estimate of drug-likeness (QED) is 0.237. The Kier molecular flexibility index (Phi) is 2.53. The van der Waals surface area contributed by atoms with Gasteiger partial charge in [-0.1, -0.05) is 36.4 Å². The predicted octanol–water partition coefficient (Wildman–Crippen LogP) is 6.23. The molecule has 0 radical (unpaired) electrons. The van der Waals surface area contributed by atoms with Gasteiger partial charge in [-0.15, -0.1) is 0 Å². The molecule has 1 N–H and O–H groups in total. The third-order valence-corrected chi connectivity index (χ3v) is 5.08. The van der Waals surface area contributed by atoms with Crippen LogP contribution in [0.15, 0.2) is 66.7 Å². The first kappa shape index (κ1) is 12.5. The van der Waals surface area contributed by atoms with E-state index in [0.717, 1.165) is 0 Å². The molecule has 0 saturated carbocycles. The molecule has 104 valence electrons. The normalized spacial score (nSPS) is 11.9. The monoisotopic (exact) mass is 393 g/mol. The number of hydrogen-bond acceptors (Lipinski definition) is 0. The van der Waals surface area contributed by atoms with Crippen LogP contribution in [-0.2, 0) is 0 Å². The first-order valence-electron chi connectivity index (χ1n) is 7.32. The van der Waals surface area contributed by atoms with Crippen molar-refractivity contribution in [3.63, 3.8) is 0 Å². The summed E-state index contributed by atoms with van der Waals surface area (Å²) in [7, 11) is 0. The van der Waals surface area contributed by atoms with E-state index in [1.165, 1.54) is 46.9 Å². The van der Waals surface area contributed by atoms with Crippen molar-refractivity contribution in [2.24, 2.45) is 0 Å². The van der Waals surface area contributed by atoms with Crippen LogP contribution in [0.25, 0.3) is 43.4 Å². The molecule has 1 heterocycles. The van der Waals surface area contributed by atoms with Crippen LogP contribution in [0.5, 0.6) is 0 Å². The zero-order valence-corrected chi connectivity index (χ0v) is 13.9. The number of fused-ring (bicyclic) bond motifs is 6. The van der Waals surface area contributed by atoms with Gasteiger partial charge in [-0.3, -0.25) is 0 Å². The SMILES string of the molecule is Ic1ccc2c(c1)[nH]c1ccc3cc4ccccc4cc3c12. The van der Waals surface area contributed by atoms with Gasteiger partial charge in [-0.05, 0) is 74.5 Å². The summed E-state index contributed by atoms with van der Waals surface area (Å²) in [6, 6.07) is 24.2. The smallest absolute Gasteiger partial charge is 0.0475 e. The van der Waals surface area contributed by atoms with Gasteiger partial charge >= 0.3 is 0 Å². The lowest BCUT2D eigenvalue weighted by atomic mass is 9.99. The molecule has 0 spiro atoms. The molecule has 0 bridgehead atoms. The number of H-pyrrole nitrogens is 1. The van der Waals surface area contributed by atoms with E-state index in [1.807, 2.05) is 0 Å². The van der Waals surface area contributed by atoms with Gasteiger partial charge < -0.3 is 4.98 Å². The van der Waals surface area contributed by atoms with Crippen molar-refractivity contribution in [1.29, 1.82) is 0 Å². The second-order valence-corrected chi connectivity index (χ2v) is 6.97. The van der Waals surface area contributed by atoms with E-state index in [1.54, 1.807) is 0 Å². The molecule has 0 amide bonds. The molecule has 1 aromatic heterocycles. The summed E-state index contributed by atoms with van der Waals surface area (Å²) in [5, 5.41) is 7.84. The standard InChI is InChI=1S/C20H12IN/c21-15-6-7-16-19(11-15)22-18-8-5-14-9-12-3-1-2-4-13(12)10-17(14)20(16)18/h1-11,22H. The maximum Gasteiger partial charge on any atom is 0.0475 e. The third kappa shape index (κ3) is 1.70. The summed E-state index contributed by atoms with van der Waals surface area (Å²) in [5.41, 5.74) is 2.42. The molecule has 22 heavy (non-hydrogen) atoms. The van der Waals surface area contributed by atoms with Crippen molar-refractivity contribution in [2.45, 2.75) is 0 Å². The number of benzene rings is 4. The Bertz CT molecular complexity index is 1180. The Labute approximate surface area is 141 Å². The highest BCUT2D eigenvalue weighted by Gasteiger charge is 2.09. The van der Waals surface area contributed by atoms with Crippen molar-refractivity contribution in [3.05, 3.63) is 70.3 Å². The molecule has 1 nitrogen and oxygen atoms in total. The minimum Gasteiger partial charge on any atom is -0.354 e. The van der Waals surface area contributed by atoms with E-state index in [0.29, 0.717) is 0 Å². The van der Waals surface area contributed by atoms with Crippen LogP contribution in [-0.4, -0.2) is 4.98 Å². The molecule has 4 aromatic carbocycles. The van der Waals surface area contributed by atoms with Gasteiger partial charge in [0.15, 0.2) is 0 Å². The van der Waals surface area contributed by atoms with Gasteiger partial charge in [-0.2, -0.15) is 0 Å². The Morgan fingerprint density at radius 2 is 1.45 bits per heavy atom. The van der Waals surface area contributed by atoms with Crippen LogP contribution < -0.4 is 0 Å². The number of aromatic nitrogens is 1. The van der Waals surface area contributed by atoms with Gasteiger partial charge in [0.2, 0.25) is 0 Å². The van der Waals surface area contributed by atoms with E-state index < -0.39 is 0 Å². The maximum absolute atomic E-state index is 3.55. The number of halogens is 1. The molecule has 0 unspecified atom stereocenters. The molecule has 0 aliphatic carbocycles. The molecule has 5 aromatic rings. The zero-order chi connectivity index (χ0) is 14.7. The molecule has 0 atom stereocenters. The lowest BCUT2D eigenvalue weighted by molar-refractivity contribution is 1.54. The highest BCUT2D eigenvalue weighted by atomic mass is 127. The topological polar surface area (TPSA) is 15.8 Å². The highest BCUT2D eigenvalue weighted by molar-refractivity contribution is 14.1. The molecule has 5 rings (SSSR count). The number of aromatic amines is 1. The number of hydrogen-bond donors (Lipinski definition) is 1. The predicted molar refractivity (Wildman–Crippen MR) is 104 cm³/mol. The fourth-order valence-corrected chi connectivity index (χ4v) is 3.88. The van der Waals surface area contributed by atoms with Gasteiger partial charge in [0.1, 0.15) is 0 Å². The van der Waals surface area contributed by atoms with Crippen LogP contribution in [0, 0.1) is 3.57 Å². The Morgan fingerprint density at radius 3 is 2.32 bits per heavy atom. The second kappa shape index (κ2) is 4.46. The van der Waals surface area contributed by atoms with E-state index in [2.05, 4.69) is 94.3 Å². The Hall–Kier alpha value is -2.07. The van der Waals surface area contributed by atoms with Gasteiger partial charge in [0.05, 0.1) is 0 Å². The average molecular weight is 393 g/mol. The highest BCUT2D eigenvalue weighted by Crippen LogP contribution is 2.34. The van der Waals surface area contributed by atoms with E-state index in [4.69, 9.17) is 0 Å². The summed E-state index contributed by atoms with van der Waals surface area (Å²) in [5.74, 6) is 0. The van der Waals surface area contributed by atoms with Crippen molar-refractivity contribution in [2.75, 3.05) is 0 Å². The summed E-state index contributed by atoms with van der Waals surface area (Å²) >= 11 is 2.36. The average Bonchev–Trinajstić information content (AvgIpc) is 2.90. The molecular formula is C20H12IN. The lowest BCUT2D eigenvalue weighted by Crippen LogP contribution is -1.78. The second-order valence-electron chi connectivity index (χ2n) is 5.72. The van der Waals surface area contributed by atoms with E-state index in [-0.39, 0.29) is 0 Å². The van der Waals surface area contributed by atoms with Crippen molar-refractivity contribution in [3.8, 4) is 0 Å².